The van der Waals surface area contributed by atoms with Gasteiger partial charge in [0.2, 0.25) is 0 Å². The number of sulfonamides is 1. The van der Waals surface area contributed by atoms with Gasteiger partial charge in [-0.1, -0.05) is 48.5 Å². The van der Waals surface area contributed by atoms with Gasteiger partial charge in [0.1, 0.15) is 5.82 Å². The largest absolute Gasteiger partial charge is 0.348 e. The molecule has 1 amide bonds. The van der Waals surface area contributed by atoms with Crippen molar-refractivity contribution in [2.45, 2.75) is 11.4 Å². The van der Waals surface area contributed by atoms with Gasteiger partial charge in [0.15, 0.2) is 0 Å². The monoisotopic (exact) mass is 384 g/mol. The summed E-state index contributed by atoms with van der Waals surface area (Å²) in [5.41, 5.74) is 1.21. The molecule has 27 heavy (non-hydrogen) atoms. The molecule has 0 saturated heterocycles. The molecule has 0 bridgehead atoms. The molecule has 3 aromatic carbocycles. The van der Waals surface area contributed by atoms with E-state index in [1.807, 2.05) is 30.3 Å². The van der Waals surface area contributed by atoms with Crippen molar-refractivity contribution < 1.29 is 17.6 Å². The molecule has 0 fully saturated rings. The minimum atomic E-state index is -4.03. The van der Waals surface area contributed by atoms with E-state index in [-0.39, 0.29) is 16.1 Å². The number of rotatable bonds is 6. The molecule has 0 atom stereocenters. The fourth-order valence-corrected chi connectivity index (χ4v) is 3.59. The zero-order chi connectivity index (χ0) is 19.3. The number of carbonyl (C=O) groups is 1. The highest BCUT2D eigenvalue weighted by Crippen LogP contribution is 2.20. The average Bonchev–Trinajstić information content (AvgIpc) is 2.67. The molecule has 5 nitrogen and oxygen atoms in total. The van der Waals surface area contributed by atoms with E-state index in [2.05, 4.69) is 10.0 Å². The third-order valence-electron chi connectivity index (χ3n) is 3.82. The average molecular weight is 384 g/mol. The van der Waals surface area contributed by atoms with E-state index in [1.165, 1.54) is 24.3 Å². The molecule has 3 rings (SSSR count). The molecule has 138 valence electrons. The van der Waals surface area contributed by atoms with Crippen molar-refractivity contribution in [1.82, 2.24) is 5.32 Å². The highest BCUT2D eigenvalue weighted by Gasteiger charge is 2.19. The summed E-state index contributed by atoms with van der Waals surface area (Å²) in [6.45, 7) is 0.310. The molecular formula is C20H17FN2O3S. The molecular weight excluding hydrogens is 367 g/mol. The highest BCUT2D eigenvalue weighted by molar-refractivity contribution is 7.92. The van der Waals surface area contributed by atoms with Crippen molar-refractivity contribution in [2.24, 2.45) is 0 Å². The minimum absolute atomic E-state index is 0.118. The summed E-state index contributed by atoms with van der Waals surface area (Å²) in [6.07, 6.45) is 0. The lowest BCUT2D eigenvalue weighted by molar-refractivity contribution is 0.0952. The molecule has 3 aromatic rings. The Bertz CT molecular complexity index is 1050. The van der Waals surface area contributed by atoms with Crippen molar-refractivity contribution in [2.75, 3.05) is 4.72 Å². The maximum Gasteiger partial charge on any atom is 0.262 e. The number of carbonyl (C=O) groups excluding carboxylic acids is 1. The Morgan fingerprint density at radius 3 is 2.33 bits per heavy atom. The number of nitrogens with one attached hydrogen (secondary N) is 2. The molecule has 7 heteroatoms. The number of amides is 1. The predicted octanol–water partition coefficient (Wildman–Crippen LogP) is 3.56. The van der Waals surface area contributed by atoms with Crippen LogP contribution >= 0.6 is 0 Å². The Kier molecular flexibility index (Phi) is 5.52. The first-order chi connectivity index (χ1) is 13.0. The van der Waals surface area contributed by atoms with Crippen LogP contribution in [-0.4, -0.2) is 14.3 Å². The third-order valence-corrected chi connectivity index (χ3v) is 5.18. The zero-order valence-electron chi connectivity index (χ0n) is 14.2. The molecule has 0 radical (unpaired) electrons. The maximum atomic E-state index is 13.3. The van der Waals surface area contributed by atoms with E-state index in [1.54, 1.807) is 12.1 Å². The highest BCUT2D eigenvalue weighted by atomic mass is 32.2. The van der Waals surface area contributed by atoms with Crippen LogP contribution in [0.15, 0.2) is 83.8 Å². The second kappa shape index (κ2) is 8.01. The predicted molar refractivity (Wildman–Crippen MR) is 101 cm³/mol. The van der Waals surface area contributed by atoms with Gasteiger partial charge in [-0.3, -0.25) is 9.52 Å². The minimum Gasteiger partial charge on any atom is -0.348 e. The Balaban J connectivity index is 1.80. The molecule has 0 heterocycles. The smallest absolute Gasteiger partial charge is 0.262 e. The normalized spacial score (nSPS) is 11.0. The molecule has 0 spiro atoms. The van der Waals surface area contributed by atoms with Crippen LogP contribution in [0.5, 0.6) is 0 Å². The van der Waals surface area contributed by atoms with Crippen molar-refractivity contribution in [1.29, 1.82) is 0 Å². The lowest BCUT2D eigenvalue weighted by Gasteiger charge is -2.13. The summed E-state index contributed by atoms with van der Waals surface area (Å²) in [5.74, 6) is -1.08. The Labute approximate surface area is 156 Å². The van der Waals surface area contributed by atoms with Crippen LogP contribution < -0.4 is 10.0 Å². The van der Waals surface area contributed by atoms with Gasteiger partial charge in [-0.05, 0) is 35.9 Å². The summed E-state index contributed by atoms with van der Waals surface area (Å²) in [6, 6.07) is 20.3. The van der Waals surface area contributed by atoms with E-state index in [0.717, 1.165) is 17.7 Å². The first-order valence-corrected chi connectivity index (χ1v) is 9.63. The summed E-state index contributed by atoms with van der Waals surface area (Å²) in [7, 11) is -4.03. The molecule has 0 aliphatic rings. The van der Waals surface area contributed by atoms with E-state index in [9.17, 15) is 17.6 Å². The first-order valence-electron chi connectivity index (χ1n) is 8.15. The maximum absolute atomic E-state index is 13.3. The number of hydrogen-bond acceptors (Lipinski definition) is 3. The summed E-state index contributed by atoms with van der Waals surface area (Å²) in [4.78, 5) is 12.3. The number of halogens is 1. The van der Waals surface area contributed by atoms with E-state index >= 15 is 0 Å². The van der Waals surface area contributed by atoms with Crippen molar-refractivity contribution in [3.05, 3.63) is 95.8 Å². The van der Waals surface area contributed by atoms with Gasteiger partial charge in [-0.2, -0.15) is 0 Å². The number of benzene rings is 3. The summed E-state index contributed by atoms with van der Waals surface area (Å²) in [5, 5.41) is 2.76. The van der Waals surface area contributed by atoms with Crippen LogP contribution in [0, 0.1) is 5.82 Å². The van der Waals surface area contributed by atoms with Gasteiger partial charge >= 0.3 is 0 Å². The third kappa shape index (κ3) is 4.71. The fourth-order valence-electron chi connectivity index (χ4n) is 2.48. The van der Waals surface area contributed by atoms with Crippen LogP contribution in [-0.2, 0) is 16.6 Å². The Morgan fingerprint density at radius 2 is 1.59 bits per heavy atom. The van der Waals surface area contributed by atoms with Crippen LogP contribution in [0.4, 0.5) is 10.1 Å². The molecule has 0 unspecified atom stereocenters. The molecule has 0 aromatic heterocycles. The molecule has 0 saturated carbocycles. The lowest BCUT2D eigenvalue weighted by Crippen LogP contribution is -2.25. The second-order valence-corrected chi connectivity index (χ2v) is 7.46. The Morgan fingerprint density at radius 1 is 0.889 bits per heavy atom. The molecule has 0 aliphatic heterocycles. The van der Waals surface area contributed by atoms with Gasteiger partial charge in [0, 0.05) is 6.54 Å². The number of anilines is 1. The van der Waals surface area contributed by atoms with Crippen molar-refractivity contribution in [3.8, 4) is 0 Å². The first kappa shape index (κ1) is 18.6. The van der Waals surface area contributed by atoms with Crippen molar-refractivity contribution in [3.63, 3.8) is 0 Å². The summed E-state index contributed by atoms with van der Waals surface area (Å²) < 4.78 is 40.7. The second-order valence-electron chi connectivity index (χ2n) is 5.78. The molecule has 0 aliphatic carbocycles. The van der Waals surface area contributed by atoms with E-state index < -0.39 is 21.7 Å². The van der Waals surface area contributed by atoms with Crippen LogP contribution in [0.2, 0.25) is 0 Å². The fraction of sp³-hybridized carbons (Fsp3) is 0.0500. The summed E-state index contributed by atoms with van der Waals surface area (Å²) >= 11 is 0. The standard InChI is InChI=1S/C20H17FN2O3S/c21-16-9-6-10-17(13-16)27(25,26)23-19-12-5-4-11-18(19)20(24)22-14-15-7-2-1-3-8-15/h1-13,23H,14H2,(H,22,24). The topological polar surface area (TPSA) is 75.3 Å². The van der Waals surface area contributed by atoms with Gasteiger partial charge in [0.05, 0.1) is 16.1 Å². The van der Waals surface area contributed by atoms with Crippen LogP contribution in [0.1, 0.15) is 15.9 Å². The molecule has 2 N–H and O–H groups in total. The van der Waals surface area contributed by atoms with E-state index in [0.29, 0.717) is 6.54 Å². The van der Waals surface area contributed by atoms with E-state index in [4.69, 9.17) is 0 Å². The van der Waals surface area contributed by atoms with Crippen molar-refractivity contribution >= 4 is 21.6 Å². The van der Waals surface area contributed by atoms with Gasteiger partial charge < -0.3 is 5.32 Å². The lowest BCUT2D eigenvalue weighted by atomic mass is 10.1. The van der Waals surface area contributed by atoms with Crippen LogP contribution in [0.25, 0.3) is 0 Å². The van der Waals surface area contributed by atoms with Gasteiger partial charge in [-0.15, -0.1) is 0 Å². The van der Waals surface area contributed by atoms with Gasteiger partial charge in [-0.25, -0.2) is 12.8 Å². The Hall–Kier alpha value is -3.19. The number of para-hydroxylation sites is 1. The van der Waals surface area contributed by atoms with Gasteiger partial charge in [0.25, 0.3) is 15.9 Å². The number of hydrogen-bond donors (Lipinski definition) is 2. The zero-order valence-corrected chi connectivity index (χ0v) is 15.0. The van der Waals surface area contributed by atoms with Crippen LogP contribution in [0.3, 0.4) is 0 Å². The SMILES string of the molecule is O=C(NCc1ccccc1)c1ccccc1NS(=O)(=O)c1cccc(F)c1. The quantitative estimate of drug-likeness (QED) is 0.682.